The van der Waals surface area contributed by atoms with Gasteiger partial charge in [-0.1, -0.05) is 29.8 Å². The maximum atomic E-state index is 13.2. The van der Waals surface area contributed by atoms with Crippen molar-refractivity contribution in [3.63, 3.8) is 0 Å². The van der Waals surface area contributed by atoms with Crippen molar-refractivity contribution in [2.75, 3.05) is 30.3 Å². The summed E-state index contributed by atoms with van der Waals surface area (Å²) in [7, 11) is -1.98. The van der Waals surface area contributed by atoms with Crippen LogP contribution in [0.5, 0.6) is 5.75 Å². The molecule has 2 bridgehead atoms. The maximum Gasteiger partial charge on any atom is 0.264 e. The Labute approximate surface area is 275 Å². The van der Waals surface area contributed by atoms with Gasteiger partial charge in [0.2, 0.25) is 10.0 Å². The van der Waals surface area contributed by atoms with Gasteiger partial charge < -0.3 is 14.4 Å². The van der Waals surface area contributed by atoms with Crippen molar-refractivity contribution in [1.82, 2.24) is 19.5 Å². The summed E-state index contributed by atoms with van der Waals surface area (Å²) in [4.78, 5) is 20.0. The fourth-order valence-corrected chi connectivity index (χ4v) is 8.85. The molecular formula is C34H40ClN5O5S. The third-order valence-corrected chi connectivity index (χ3v) is 11.6. The van der Waals surface area contributed by atoms with Gasteiger partial charge in [-0.3, -0.25) is 9.48 Å². The summed E-state index contributed by atoms with van der Waals surface area (Å²) in [6.45, 7) is 2.27. The van der Waals surface area contributed by atoms with E-state index in [0.717, 1.165) is 49.4 Å². The summed E-state index contributed by atoms with van der Waals surface area (Å²) in [6, 6.07) is 11.5. The normalized spacial score (nSPS) is 28.2. The molecule has 0 saturated heterocycles. The van der Waals surface area contributed by atoms with Gasteiger partial charge in [-0.25, -0.2) is 18.1 Å². The number of nitrogens with one attached hydrogen (secondary N) is 1. The van der Waals surface area contributed by atoms with E-state index < -0.39 is 15.9 Å². The van der Waals surface area contributed by atoms with Gasteiger partial charge in [-0.15, -0.1) is 0 Å². The zero-order chi connectivity index (χ0) is 31.9. The highest BCUT2D eigenvalue weighted by atomic mass is 35.5. The standard InChI is InChI=1S/C34H40ClN5O5S/c1-39-22-36-32(37-39)19-44-30-7-3-2-4-15-46(42,43)38-33(41)24-9-13-31-29(17-24)40(18-25-8-11-27(25)30)20-34(21-45-31)14-5-6-23-16-26(35)10-12-28(23)34/h3,7,9-10,12-13,16-17,22,25,27,30H,2,4-6,8,11,14-15,18-21H2,1H3,(H,38,41)/b7-3-/t25-,27+,30+,34-/m0/s1. The van der Waals surface area contributed by atoms with E-state index in [4.69, 9.17) is 21.1 Å². The number of halogens is 1. The number of aryl methyl sites for hydroxylation is 2. The molecule has 3 aromatic rings. The second kappa shape index (κ2) is 12.7. The monoisotopic (exact) mass is 665 g/mol. The lowest BCUT2D eigenvalue weighted by atomic mass is 9.68. The Balaban J connectivity index is 1.25. The smallest absolute Gasteiger partial charge is 0.264 e. The molecule has 4 atom stereocenters. The van der Waals surface area contributed by atoms with Gasteiger partial charge in [0.05, 0.1) is 24.2 Å². The van der Waals surface area contributed by atoms with Crippen LogP contribution in [0, 0.1) is 11.8 Å². The first kappa shape index (κ1) is 31.2. The third kappa shape index (κ3) is 6.41. The minimum Gasteiger partial charge on any atom is -0.490 e. The number of aromatic nitrogens is 3. The van der Waals surface area contributed by atoms with Crippen LogP contribution in [0.15, 0.2) is 54.9 Å². The van der Waals surface area contributed by atoms with Crippen molar-refractivity contribution in [3.05, 3.63) is 82.4 Å². The number of carbonyl (C=O) groups is 1. The van der Waals surface area contributed by atoms with Crippen molar-refractivity contribution in [1.29, 1.82) is 0 Å². The number of allylic oxidation sites excluding steroid dienone is 1. The van der Waals surface area contributed by atoms with Gasteiger partial charge >= 0.3 is 0 Å². The molecule has 244 valence electrons. The lowest BCUT2D eigenvalue weighted by Gasteiger charge is -2.46. The fraction of sp³-hybridized carbons (Fsp3) is 0.500. The lowest BCUT2D eigenvalue weighted by Crippen LogP contribution is -2.49. The topological polar surface area (TPSA) is 116 Å². The van der Waals surface area contributed by atoms with E-state index in [2.05, 4.69) is 37.9 Å². The summed E-state index contributed by atoms with van der Waals surface area (Å²) in [6.07, 6.45) is 11.6. The van der Waals surface area contributed by atoms with E-state index in [1.807, 2.05) is 25.3 Å². The van der Waals surface area contributed by atoms with Crippen LogP contribution in [0.2, 0.25) is 5.02 Å². The second-order valence-electron chi connectivity index (χ2n) is 13.2. The van der Waals surface area contributed by atoms with Crippen molar-refractivity contribution in [2.24, 2.45) is 18.9 Å². The molecule has 1 amide bonds. The Hall–Kier alpha value is -3.41. The van der Waals surface area contributed by atoms with Crippen molar-refractivity contribution >= 4 is 33.2 Å². The minimum absolute atomic E-state index is 0.148. The second-order valence-corrected chi connectivity index (χ2v) is 15.5. The van der Waals surface area contributed by atoms with Crippen LogP contribution in [0.25, 0.3) is 0 Å². The van der Waals surface area contributed by atoms with E-state index in [1.165, 1.54) is 11.1 Å². The molecule has 4 aliphatic rings. The summed E-state index contributed by atoms with van der Waals surface area (Å²) in [5.41, 5.74) is 3.37. The van der Waals surface area contributed by atoms with Crippen molar-refractivity contribution in [3.8, 4) is 5.75 Å². The molecule has 3 heterocycles. The highest BCUT2D eigenvalue weighted by molar-refractivity contribution is 7.90. The van der Waals surface area contributed by atoms with E-state index in [0.29, 0.717) is 55.7 Å². The van der Waals surface area contributed by atoms with Gasteiger partial charge in [0.15, 0.2) is 5.82 Å². The molecule has 1 aromatic heterocycles. The summed E-state index contributed by atoms with van der Waals surface area (Å²) < 4.78 is 42.7. The molecule has 46 heavy (non-hydrogen) atoms. The van der Waals surface area contributed by atoms with Gasteiger partial charge in [-0.2, -0.15) is 5.10 Å². The number of fused-ring (bicyclic) bond motifs is 4. The first-order valence-corrected chi connectivity index (χ1v) is 18.2. The van der Waals surface area contributed by atoms with Crippen LogP contribution in [0.1, 0.15) is 65.8 Å². The number of amides is 1. The molecule has 0 unspecified atom stereocenters. The van der Waals surface area contributed by atoms with Gasteiger partial charge in [0.25, 0.3) is 5.91 Å². The number of carbonyl (C=O) groups excluding carboxylic acids is 1. The number of hydrogen-bond donors (Lipinski definition) is 1. The third-order valence-electron chi connectivity index (χ3n) is 10.1. The van der Waals surface area contributed by atoms with Crippen LogP contribution in [0.3, 0.4) is 0 Å². The SMILES string of the molecule is Cn1cnc(CO[C@@H]2/C=C\CCCS(=O)(=O)NC(=O)c3ccc4c(c3)N(C[C@@H]3CC[C@H]32)C[C@@]2(CCCc3cc(Cl)ccc32)CO4)n1. The predicted molar refractivity (Wildman–Crippen MR) is 176 cm³/mol. The average Bonchev–Trinajstić information content (AvgIpc) is 3.37. The Morgan fingerprint density at radius 1 is 1.17 bits per heavy atom. The van der Waals surface area contributed by atoms with Crippen LogP contribution >= 0.6 is 11.6 Å². The van der Waals surface area contributed by atoms with Crippen molar-refractivity contribution in [2.45, 2.75) is 63.1 Å². The lowest BCUT2D eigenvalue weighted by molar-refractivity contribution is -0.0248. The highest BCUT2D eigenvalue weighted by Crippen LogP contribution is 2.47. The zero-order valence-corrected chi connectivity index (χ0v) is 27.6. The molecule has 1 saturated carbocycles. The fourth-order valence-electron chi connectivity index (χ4n) is 7.61. The number of rotatable bonds is 3. The molecule has 12 heteroatoms. The molecule has 1 fully saturated rings. The number of nitrogens with zero attached hydrogens (tertiary/aromatic N) is 4. The summed E-state index contributed by atoms with van der Waals surface area (Å²) in [5, 5.41) is 5.13. The van der Waals surface area contributed by atoms with E-state index in [9.17, 15) is 13.2 Å². The predicted octanol–water partition coefficient (Wildman–Crippen LogP) is 4.96. The number of ether oxygens (including phenoxy) is 2. The summed E-state index contributed by atoms with van der Waals surface area (Å²) >= 11 is 6.43. The molecule has 7 rings (SSSR count). The van der Waals surface area contributed by atoms with Crippen LogP contribution in [0.4, 0.5) is 5.69 Å². The molecule has 0 radical (unpaired) electrons. The number of anilines is 1. The molecule has 10 nitrogen and oxygen atoms in total. The molecule has 2 aliphatic heterocycles. The van der Waals surface area contributed by atoms with E-state index >= 15 is 0 Å². The Kier molecular flexibility index (Phi) is 8.58. The Morgan fingerprint density at radius 2 is 2.07 bits per heavy atom. The van der Waals surface area contributed by atoms with Crippen LogP contribution in [-0.4, -0.2) is 60.6 Å². The number of hydrogen-bond acceptors (Lipinski definition) is 8. The largest absolute Gasteiger partial charge is 0.490 e. The number of benzene rings is 2. The van der Waals surface area contributed by atoms with Gasteiger partial charge in [0.1, 0.15) is 18.7 Å². The molecular weight excluding hydrogens is 626 g/mol. The van der Waals surface area contributed by atoms with Gasteiger partial charge in [0, 0.05) is 36.1 Å². The average molecular weight is 666 g/mol. The first-order valence-electron chi connectivity index (χ1n) is 16.2. The molecule has 1 spiro atoms. The molecule has 2 aliphatic carbocycles. The Morgan fingerprint density at radius 3 is 2.87 bits per heavy atom. The van der Waals surface area contributed by atoms with Crippen LogP contribution in [-0.2, 0) is 40.3 Å². The van der Waals surface area contributed by atoms with Gasteiger partial charge in [-0.05, 0) is 98.2 Å². The van der Waals surface area contributed by atoms with Crippen LogP contribution < -0.4 is 14.4 Å². The highest BCUT2D eigenvalue weighted by Gasteiger charge is 2.44. The van der Waals surface area contributed by atoms with E-state index in [-0.39, 0.29) is 23.2 Å². The zero-order valence-electron chi connectivity index (χ0n) is 26.0. The minimum atomic E-state index is -3.81. The molecule has 1 N–H and O–H groups in total. The first-order chi connectivity index (χ1) is 22.2. The van der Waals surface area contributed by atoms with Crippen molar-refractivity contribution < 1.29 is 22.7 Å². The van der Waals surface area contributed by atoms with E-state index in [1.54, 1.807) is 23.1 Å². The maximum absolute atomic E-state index is 13.2. The number of sulfonamides is 1. The quantitative estimate of drug-likeness (QED) is 0.391. The summed E-state index contributed by atoms with van der Waals surface area (Å²) in [5.74, 6) is 1.16. The molecule has 2 aromatic carbocycles. The Bertz CT molecular complexity index is 1760.